The first-order chi connectivity index (χ1) is 14.7. The number of pyridine rings is 1. The highest BCUT2D eigenvalue weighted by Gasteiger charge is 2.22. The van der Waals surface area contributed by atoms with Crippen LogP contribution in [-0.4, -0.2) is 58.5 Å². The fourth-order valence-electron chi connectivity index (χ4n) is 3.29. The minimum absolute atomic E-state index is 0.00176. The average molecular weight is 404 g/mol. The Morgan fingerprint density at radius 1 is 1.00 bits per heavy atom. The van der Waals surface area contributed by atoms with Crippen LogP contribution in [-0.2, 0) is 4.79 Å². The largest absolute Gasteiger partial charge is 0.484 e. The van der Waals surface area contributed by atoms with E-state index >= 15 is 0 Å². The lowest BCUT2D eigenvalue weighted by Gasteiger charge is -2.35. The van der Waals surface area contributed by atoms with E-state index < -0.39 is 0 Å². The first-order valence-electron chi connectivity index (χ1n) is 9.90. The lowest BCUT2D eigenvalue weighted by atomic mass is 10.2. The van der Waals surface area contributed by atoms with Crippen molar-refractivity contribution in [3.63, 3.8) is 0 Å². The second-order valence-corrected chi connectivity index (χ2v) is 7.02. The molecule has 3 aromatic rings. The summed E-state index contributed by atoms with van der Waals surface area (Å²) in [4.78, 5) is 29.4. The third-order valence-electron chi connectivity index (χ3n) is 4.97. The molecular formula is C22H24N6O2. The van der Waals surface area contributed by atoms with Crippen molar-refractivity contribution >= 4 is 23.4 Å². The van der Waals surface area contributed by atoms with Crippen LogP contribution < -0.4 is 15.0 Å². The summed E-state index contributed by atoms with van der Waals surface area (Å²) in [5.74, 6) is 2.98. The van der Waals surface area contributed by atoms with Gasteiger partial charge in [0.2, 0.25) is 0 Å². The van der Waals surface area contributed by atoms with Crippen LogP contribution >= 0.6 is 0 Å². The van der Waals surface area contributed by atoms with E-state index in [1.165, 1.54) is 6.33 Å². The molecule has 0 spiro atoms. The molecule has 0 aliphatic carbocycles. The minimum atomic E-state index is -0.00176. The van der Waals surface area contributed by atoms with Crippen LogP contribution in [0.25, 0.3) is 0 Å². The second-order valence-electron chi connectivity index (χ2n) is 7.02. The molecule has 1 aromatic carbocycles. The standard InChI is InChI=1S/C22H24N6O2/c1-17-6-2-3-7-18(17)30-15-22(29)28-12-10-27(11-13-28)21-14-20(24-16-25-21)26-19-8-4-5-9-23-19/h2-9,14,16H,10-13,15H2,1H3,(H,23,24,25,26). The van der Waals surface area contributed by atoms with Crippen molar-refractivity contribution in [2.45, 2.75) is 6.92 Å². The number of carbonyl (C=O) groups excluding carboxylic acids is 1. The van der Waals surface area contributed by atoms with E-state index in [2.05, 4.69) is 25.2 Å². The van der Waals surface area contributed by atoms with Crippen LogP contribution in [0.5, 0.6) is 5.75 Å². The van der Waals surface area contributed by atoms with Crippen LogP contribution in [0, 0.1) is 6.92 Å². The van der Waals surface area contributed by atoms with Gasteiger partial charge >= 0.3 is 0 Å². The van der Waals surface area contributed by atoms with Crippen LogP contribution in [0.2, 0.25) is 0 Å². The summed E-state index contributed by atoms with van der Waals surface area (Å²) < 4.78 is 5.70. The molecule has 1 saturated heterocycles. The molecular weight excluding hydrogens is 380 g/mol. The van der Waals surface area contributed by atoms with Gasteiger partial charge in [-0.25, -0.2) is 15.0 Å². The normalized spacial score (nSPS) is 13.8. The van der Waals surface area contributed by atoms with Gasteiger partial charge in [-0.05, 0) is 30.7 Å². The van der Waals surface area contributed by atoms with Gasteiger partial charge in [-0.3, -0.25) is 4.79 Å². The van der Waals surface area contributed by atoms with Crippen molar-refractivity contribution in [3.05, 3.63) is 66.6 Å². The van der Waals surface area contributed by atoms with Gasteiger partial charge in [0.25, 0.3) is 5.91 Å². The Morgan fingerprint density at radius 2 is 1.80 bits per heavy atom. The molecule has 1 N–H and O–H groups in total. The quantitative estimate of drug-likeness (QED) is 0.676. The van der Waals surface area contributed by atoms with Crippen LogP contribution in [0.3, 0.4) is 0 Å². The van der Waals surface area contributed by atoms with E-state index in [4.69, 9.17) is 4.74 Å². The number of hydrogen-bond donors (Lipinski definition) is 1. The molecule has 0 bridgehead atoms. The molecule has 1 aliphatic rings. The van der Waals surface area contributed by atoms with E-state index in [0.717, 1.165) is 22.9 Å². The number of aromatic nitrogens is 3. The van der Waals surface area contributed by atoms with Gasteiger partial charge in [-0.15, -0.1) is 0 Å². The SMILES string of the molecule is Cc1ccccc1OCC(=O)N1CCN(c2cc(Nc3ccccn3)ncn2)CC1. The highest BCUT2D eigenvalue weighted by atomic mass is 16.5. The van der Waals surface area contributed by atoms with Gasteiger partial charge in [0.1, 0.15) is 29.5 Å². The summed E-state index contributed by atoms with van der Waals surface area (Å²) in [5, 5.41) is 3.18. The Morgan fingerprint density at radius 3 is 2.57 bits per heavy atom. The van der Waals surface area contributed by atoms with Crippen molar-refractivity contribution < 1.29 is 9.53 Å². The number of rotatable bonds is 6. The summed E-state index contributed by atoms with van der Waals surface area (Å²) in [5.41, 5.74) is 1.02. The van der Waals surface area contributed by atoms with Crippen LogP contribution in [0.15, 0.2) is 61.1 Å². The van der Waals surface area contributed by atoms with Crippen molar-refractivity contribution in [2.24, 2.45) is 0 Å². The Kier molecular flexibility index (Phi) is 6.03. The number of anilines is 3. The number of piperazine rings is 1. The predicted octanol–water partition coefficient (Wildman–Crippen LogP) is 2.65. The molecule has 4 rings (SSSR count). The highest BCUT2D eigenvalue weighted by molar-refractivity contribution is 5.78. The smallest absolute Gasteiger partial charge is 0.260 e. The Hall–Kier alpha value is -3.68. The molecule has 0 radical (unpaired) electrons. The zero-order valence-electron chi connectivity index (χ0n) is 16.9. The Labute approximate surface area is 175 Å². The predicted molar refractivity (Wildman–Crippen MR) is 115 cm³/mol. The van der Waals surface area contributed by atoms with Gasteiger partial charge in [0.05, 0.1) is 0 Å². The minimum Gasteiger partial charge on any atom is -0.484 e. The van der Waals surface area contributed by atoms with E-state index in [1.807, 2.05) is 60.4 Å². The molecule has 30 heavy (non-hydrogen) atoms. The molecule has 8 heteroatoms. The van der Waals surface area contributed by atoms with Crippen molar-refractivity contribution in [1.29, 1.82) is 0 Å². The van der Waals surface area contributed by atoms with E-state index in [1.54, 1.807) is 6.20 Å². The van der Waals surface area contributed by atoms with Gasteiger partial charge in [0.15, 0.2) is 6.61 Å². The number of hydrogen-bond acceptors (Lipinski definition) is 7. The second kappa shape index (κ2) is 9.21. The number of carbonyl (C=O) groups is 1. The third kappa shape index (κ3) is 4.83. The fraction of sp³-hybridized carbons (Fsp3) is 0.273. The third-order valence-corrected chi connectivity index (χ3v) is 4.97. The molecule has 0 atom stereocenters. The maximum Gasteiger partial charge on any atom is 0.260 e. The van der Waals surface area contributed by atoms with E-state index in [-0.39, 0.29) is 12.5 Å². The molecule has 1 aliphatic heterocycles. The number of aryl methyl sites for hydroxylation is 1. The molecule has 3 heterocycles. The zero-order valence-corrected chi connectivity index (χ0v) is 16.9. The number of para-hydroxylation sites is 1. The number of amides is 1. The summed E-state index contributed by atoms with van der Waals surface area (Å²) in [6.07, 6.45) is 3.26. The highest BCUT2D eigenvalue weighted by Crippen LogP contribution is 2.19. The topological polar surface area (TPSA) is 83.5 Å². The summed E-state index contributed by atoms with van der Waals surface area (Å²) in [6, 6.07) is 15.3. The fourth-order valence-corrected chi connectivity index (χ4v) is 3.29. The summed E-state index contributed by atoms with van der Waals surface area (Å²) in [6.45, 7) is 4.69. The molecule has 1 fully saturated rings. The molecule has 0 unspecified atom stereocenters. The number of nitrogens with one attached hydrogen (secondary N) is 1. The number of ether oxygens (including phenoxy) is 1. The monoisotopic (exact) mass is 404 g/mol. The Balaban J connectivity index is 1.30. The average Bonchev–Trinajstić information content (AvgIpc) is 2.79. The molecule has 2 aromatic heterocycles. The molecule has 154 valence electrons. The van der Waals surface area contributed by atoms with Crippen LogP contribution in [0.4, 0.5) is 17.5 Å². The number of benzene rings is 1. The van der Waals surface area contributed by atoms with Gasteiger partial charge in [0, 0.05) is 38.4 Å². The van der Waals surface area contributed by atoms with Crippen molar-refractivity contribution in [3.8, 4) is 5.75 Å². The lowest BCUT2D eigenvalue weighted by molar-refractivity contribution is -0.133. The first-order valence-corrected chi connectivity index (χ1v) is 9.90. The molecule has 8 nitrogen and oxygen atoms in total. The van der Waals surface area contributed by atoms with E-state index in [9.17, 15) is 4.79 Å². The van der Waals surface area contributed by atoms with Crippen molar-refractivity contribution in [1.82, 2.24) is 19.9 Å². The van der Waals surface area contributed by atoms with Gasteiger partial charge < -0.3 is 19.9 Å². The lowest BCUT2D eigenvalue weighted by Crippen LogP contribution is -2.50. The van der Waals surface area contributed by atoms with Crippen LogP contribution in [0.1, 0.15) is 5.56 Å². The zero-order chi connectivity index (χ0) is 20.8. The maximum absolute atomic E-state index is 12.5. The molecule has 1 amide bonds. The van der Waals surface area contributed by atoms with Gasteiger partial charge in [-0.2, -0.15) is 0 Å². The Bertz CT molecular complexity index is 990. The maximum atomic E-state index is 12.5. The summed E-state index contributed by atoms with van der Waals surface area (Å²) in [7, 11) is 0. The van der Waals surface area contributed by atoms with Gasteiger partial charge in [-0.1, -0.05) is 24.3 Å². The number of nitrogens with zero attached hydrogens (tertiary/aromatic N) is 5. The van der Waals surface area contributed by atoms with E-state index in [0.29, 0.717) is 32.0 Å². The first kappa shape index (κ1) is 19.6. The molecule has 0 saturated carbocycles. The van der Waals surface area contributed by atoms with Crippen molar-refractivity contribution in [2.75, 3.05) is 43.0 Å². The summed E-state index contributed by atoms with van der Waals surface area (Å²) >= 11 is 0.